The molecular formula is C17H15ClN2O4. The van der Waals surface area contributed by atoms with Crippen LogP contribution in [0.2, 0.25) is 5.02 Å². The Morgan fingerprint density at radius 3 is 2.62 bits per heavy atom. The van der Waals surface area contributed by atoms with E-state index in [0.717, 1.165) is 5.56 Å². The first-order valence-electron chi connectivity index (χ1n) is 7.15. The molecule has 0 unspecified atom stereocenters. The number of nitrogens with zero attached hydrogens (tertiary/aromatic N) is 1. The van der Waals surface area contributed by atoms with Gasteiger partial charge >= 0.3 is 0 Å². The van der Waals surface area contributed by atoms with Gasteiger partial charge in [0.25, 0.3) is 5.69 Å². The molecule has 0 aliphatic carbocycles. The molecule has 2 rings (SSSR count). The number of rotatable bonds is 6. The van der Waals surface area contributed by atoms with Crippen molar-refractivity contribution in [2.75, 3.05) is 11.9 Å². The summed E-state index contributed by atoms with van der Waals surface area (Å²) in [5.74, 6) is -0.101. The van der Waals surface area contributed by atoms with Gasteiger partial charge in [0.05, 0.1) is 17.6 Å². The zero-order chi connectivity index (χ0) is 17.5. The summed E-state index contributed by atoms with van der Waals surface area (Å²) >= 11 is 5.79. The summed E-state index contributed by atoms with van der Waals surface area (Å²) in [7, 11) is 0. The van der Waals surface area contributed by atoms with Crippen LogP contribution in [0.3, 0.4) is 0 Å². The maximum Gasteiger partial charge on any atom is 0.296 e. The first-order valence-corrected chi connectivity index (χ1v) is 7.53. The Morgan fingerprint density at radius 2 is 2.00 bits per heavy atom. The average molecular weight is 347 g/mol. The highest BCUT2D eigenvalue weighted by atomic mass is 35.5. The van der Waals surface area contributed by atoms with Crippen LogP contribution in [-0.2, 0) is 4.79 Å². The van der Waals surface area contributed by atoms with Gasteiger partial charge in [0.15, 0.2) is 0 Å². The number of nitro groups is 1. The maximum atomic E-state index is 12.0. The van der Waals surface area contributed by atoms with Crippen LogP contribution in [0.1, 0.15) is 12.5 Å². The predicted octanol–water partition coefficient (Wildman–Crippen LogP) is 4.30. The van der Waals surface area contributed by atoms with Gasteiger partial charge in [0.2, 0.25) is 5.91 Å². The Hall–Kier alpha value is -2.86. The minimum atomic E-state index is -0.568. The summed E-state index contributed by atoms with van der Waals surface area (Å²) in [6.45, 7) is 2.18. The second kappa shape index (κ2) is 8.12. The van der Waals surface area contributed by atoms with Crippen molar-refractivity contribution in [3.8, 4) is 5.75 Å². The molecule has 0 aliphatic heterocycles. The van der Waals surface area contributed by atoms with Crippen molar-refractivity contribution in [2.24, 2.45) is 0 Å². The standard InChI is InChI=1S/C17H15ClN2O4/c1-2-24-14-8-9-15(16(11-14)20(22)23)19-17(21)10-5-12-3-6-13(18)7-4-12/h3-11H,2H2,1H3,(H,19,21)/b10-5+. The van der Waals surface area contributed by atoms with Gasteiger partial charge < -0.3 is 10.1 Å². The molecule has 124 valence electrons. The molecule has 1 N–H and O–H groups in total. The fourth-order valence-corrected chi connectivity index (χ4v) is 2.07. The van der Waals surface area contributed by atoms with Crippen LogP contribution >= 0.6 is 11.6 Å². The Bertz CT molecular complexity index is 773. The van der Waals surface area contributed by atoms with Gasteiger partial charge in [-0.2, -0.15) is 0 Å². The average Bonchev–Trinajstić information content (AvgIpc) is 2.56. The van der Waals surface area contributed by atoms with Crippen molar-refractivity contribution in [1.29, 1.82) is 0 Å². The molecule has 2 aromatic carbocycles. The fraction of sp³-hybridized carbons (Fsp3) is 0.118. The molecule has 0 saturated heterocycles. The Labute approximate surface area is 143 Å². The molecule has 0 heterocycles. The van der Waals surface area contributed by atoms with Crippen molar-refractivity contribution in [3.63, 3.8) is 0 Å². The Balaban J connectivity index is 2.13. The van der Waals surface area contributed by atoms with Gasteiger partial charge in [0.1, 0.15) is 11.4 Å². The van der Waals surface area contributed by atoms with Gasteiger partial charge in [-0.1, -0.05) is 23.7 Å². The lowest BCUT2D eigenvalue weighted by molar-refractivity contribution is -0.384. The lowest BCUT2D eigenvalue weighted by Gasteiger charge is -2.07. The number of ether oxygens (including phenoxy) is 1. The number of carbonyl (C=O) groups is 1. The summed E-state index contributed by atoms with van der Waals surface area (Å²) in [5, 5.41) is 14.2. The molecule has 0 fully saturated rings. The van der Waals surface area contributed by atoms with Gasteiger partial charge in [0, 0.05) is 11.1 Å². The highest BCUT2D eigenvalue weighted by Crippen LogP contribution is 2.29. The van der Waals surface area contributed by atoms with Crippen molar-refractivity contribution >= 4 is 35.0 Å². The first kappa shape index (κ1) is 17.5. The normalized spacial score (nSPS) is 10.6. The molecule has 1 amide bonds. The number of halogens is 1. The van der Waals surface area contributed by atoms with E-state index in [2.05, 4.69) is 5.32 Å². The summed E-state index contributed by atoms with van der Waals surface area (Å²) < 4.78 is 5.23. The van der Waals surface area contributed by atoms with Crippen LogP contribution in [0.4, 0.5) is 11.4 Å². The zero-order valence-electron chi connectivity index (χ0n) is 12.9. The fourth-order valence-electron chi connectivity index (χ4n) is 1.94. The van der Waals surface area contributed by atoms with Crippen molar-refractivity contribution in [3.05, 3.63) is 69.2 Å². The number of hydrogen-bond donors (Lipinski definition) is 1. The molecule has 0 saturated carbocycles. The second-order valence-electron chi connectivity index (χ2n) is 4.74. The number of amides is 1. The van der Waals surface area contributed by atoms with Gasteiger partial charge in [-0.25, -0.2) is 0 Å². The van der Waals surface area contributed by atoms with E-state index in [0.29, 0.717) is 17.4 Å². The van der Waals surface area contributed by atoms with Gasteiger partial charge in [-0.05, 0) is 42.8 Å². The lowest BCUT2D eigenvalue weighted by Crippen LogP contribution is -2.09. The third kappa shape index (κ3) is 4.82. The van der Waals surface area contributed by atoms with Gasteiger partial charge in [-0.15, -0.1) is 0 Å². The van der Waals surface area contributed by atoms with E-state index in [1.165, 1.54) is 18.2 Å². The molecule has 7 heteroatoms. The third-order valence-electron chi connectivity index (χ3n) is 3.03. The van der Waals surface area contributed by atoms with E-state index in [4.69, 9.17) is 16.3 Å². The number of carbonyl (C=O) groups excluding carboxylic acids is 1. The molecule has 0 atom stereocenters. The summed E-state index contributed by atoms with van der Waals surface area (Å²) in [5.41, 5.74) is 0.666. The van der Waals surface area contributed by atoms with E-state index in [-0.39, 0.29) is 11.4 Å². The van der Waals surface area contributed by atoms with E-state index in [9.17, 15) is 14.9 Å². The number of hydrogen-bond acceptors (Lipinski definition) is 4. The first-order chi connectivity index (χ1) is 11.5. The van der Waals surface area contributed by atoms with Crippen LogP contribution < -0.4 is 10.1 Å². The molecule has 24 heavy (non-hydrogen) atoms. The summed E-state index contributed by atoms with van der Waals surface area (Å²) in [6.07, 6.45) is 2.88. The Morgan fingerprint density at radius 1 is 1.29 bits per heavy atom. The maximum absolute atomic E-state index is 12.0. The van der Waals surface area contributed by atoms with Crippen LogP contribution in [-0.4, -0.2) is 17.4 Å². The van der Waals surface area contributed by atoms with Crippen LogP contribution in [0.5, 0.6) is 5.75 Å². The predicted molar refractivity (Wildman–Crippen MR) is 93.4 cm³/mol. The van der Waals surface area contributed by atoms with Crippen LogP contribution in [0.25, 0.3) is 6.08 Å². The Kier molecular flexibility index (Phi) is 5.92. The number of nitrogens with one attached hydrogen (secondary N) is 1. The quantitative estimate of drug-likeness (QED) is 0.480. The summed E-state index contributed by atoms with van der Waals surface area (Å²) in [4.78, 5) is 22.5. The van der Waals surface area contributed by atoms with E-state index >= 15 is 0 Å². The molecule has 6 nitrogen and oxygen atoms in total. The zero-order valence-corrected chi connectivity index (χ0v) is 13.6. The largest absolute Gasteiger partial charge is 0.494 e. The molecule has 0 aromatic heterocycles. The smallest absolute Gasteiger partial charge is 0.296 e. The SMILES string of the molecule is CCOc1ccc(NC(=O)/C=C/c2ccc(Cl)cc2)c([N+](=O)[O-])c1. The monoisotopic (exact) mass is 346 g/mol. The highest BCUT2D eigenvalue weighted by molar-refractivity contribution is 6.30. The van der Waals surface area contributed by atoms with Crippen molar-refractivity contribution < 1.29 is 14.5 Å². The van der Waals surface area contributed by atoms with E-state index in [1.807, 2.05) is 0 Å². The van der Waals surface area contributed by atoms with Crippen molar-refractivity contribution in [1.82, 2.24) is 0 Å². The minimum Gasteiger partial charge on any atom is -0.494 e. The third-order valence-corrected chi connectivity index (χ3v) is 3.28. The second-order valence-corrected chi connectivity index (χ2v) is 5.18. The summed E-state index contributed by atoms with van der Waals surface area (Å²) in [6, 6.07) is 11.2. The number of nitro benzene ring substituents is 1. The van der Waals surface area contributed by atoms with Crippen molar-refractivity contribution in [2.45, 2.75) is 6.92 Å². The number of benzene rings is 2. The minimum absolute atomic E-state index is 0.106. The van der Waals surface area contributed by atoms with E-state index in [1.54, 1.807) is 43.3 Å². The topological polar surface area (TPSA) is 81.5 Å². The molecule has 0 radical (unpaired) electrons. The van der Waals surface area contributed by atoms with E-state index < -0.39 is 10.8 Å². The lowest BCUT2D eigenvalue weighted by atomic mass is 10.2. The van der Waals surface area contributed by atoms with Crippen LogP contribution in [0, 0.1) is 10.1 Å². The van der Waals surface area contributed by atoms with Gasteiger partial charge in [-0.3, -0.25) is 14.9 Å². The molecule has 0 bridgehead atoms. The molecule has 0 aliphatic rings. The molecule has 2 aromatic rings. The molecule has 0 spiro atoms. The highest BCUT2D eigenvalue weighted by Gasteiger charge is 2.16. The molecular weight excluding hydrogens is 332 g/mol. The number of anilines is 1. The van der Waals surface area contributed by atoms with Crippen LogP contribution in [0.15, 0.2) is 48.5 Å².